The Hall–Kier alpha value is -3.35. The van der Waals surface area contributed by atoms with Crippen molar-refractivity contribution < 1.29 is 19.1 Å². The molecule has 168 valence electrons. The van der Waals surface area contributed by atoms with Crippen LogP contribution >= 0.6 is 23.2 Å². The van der Waals surface area contributed by atoms with Crippen LogP contribution in [0.1, 0.15) is 22.3 Å². The quantitative estimate of drug-likeness (QED) is 0.464. The SMILES string of the molecule is COc1ccc(N2C(=O)C[C@@H](N(Cc3ccc(Cl)cc3)C(=O)c3ccc(Cl)cc3)C2=O)cc1. The van der Waals surface area contributed by atoms with E-state index in [0.717, 1.165) is 10.5 Å². The van der Waals surface area contributed by atoms with Gasteiger partial charge in [-0.3, -0.25) is 14.4 Å². The minimum atomic E-state index is -0.946. The minimum absolute atomic E-state index is 0.113. The molecule has 8 heteroatoms. The highest BCUT2D eigenvalue weighted by Crippen LogP contribution is 2.29. The van der Waals surface area contributed by atoms with Crippen molar-refractivity contribution in [3.8, 4) is 5.75 Å². The first-order chi connectivity index (χ1) is 15.9. The maximum atomic E-state index is 13.5. The first kappa shape index (κ1) is 22.8. The summed E-state index contributed by atoms with van der Waals surface area (Å²) >= 11 is 12.0. The number of hydrogen-bond donors (Lipinski definition) is 0. The number of nitrogens with zero attached hydrogens (tertiary/aromatic N) is 2. The van der Waals surface area contributed by atoms with Crippen molar-refractivity contribution in [1.82, 2.24) is 4.90 Å². The van der Waals surface area contributed by atoms with Crippen LogP contribution in [0.4, 0.5) is 5.69 Å². The summed E-state index contributed by atoms with van der Waals surface area (Å²) in [4.78, 5) is 42.2. The van der Waals surface area contributed by atoms with Crippen LogP contribution in [0.2, 0.25) is 10.0 Å². The summed E-state index contributed by atoms with van der Waals surface area (Å²) < 4.78 is 5.15. The molecule has 1 heterocycles. The van der Waals surface area contributed by atoms with Crippen LogP contribution in [0.5, 0.6) is 5.75 Å². The fourth-order valence-corrected chi connectivity index (χ4v) is 3.98. The number of benzene rings is 3. The molecule has 0 bridgehead atoms. The van der Waals surface area contributed by atoms with E-state index < -0.39 is 11.9 Å². The number of hydrogen-bond acceptors (Lipinski definition) is 4. The van der Waals surface area contributed by atoms with Crippen LogP contribution in [-0.2, 0) is 16.1 Å². The number of imide groups is 1. The zero-order valence-corrected chi connectivity index (χ0v) is 19.2. The van der Waals surface area contributed by atoms with Crippen LogP contribution in [0.3, 0.4) is 0 Å². The van der Waals surface area contributed by atoms with Crippen LogP contribution < -0.4 is 9.64 Å². The maximum Gasteiger partial charge on any atom is 0.257 e. The molecule has 0 spiro atoms. The molecule has 3 aromatic carbocycles. The average Bonchev–Trinajstić information content (AvgIpc) is 3.12. The molecular formula is C25H20Cl2N2O4. The van der Waals surface area contributed by atoms with Crippen molar-refractivity contribution in [2.24, 2.45) is 0 Å². The van der Waals surface area contributed by atoms with E-state index in [1.54, 1.807) is 72.8 Å². The molecule has 33 heavy (non-hydrogen) atoms. The van der Waals surface area contributed by atoms with Crippen molar-refractivity contribution in [3.05, 3.63) is 94.0 Å². The molecule has 3 aromatic rings. The molecule has 0 saturated carbocycles. The second-order valence-corrected chi connectivity index (χ2v) is 8.42. The fraction of sp³-hybridized carbons (Fsp3) is 0.160. The Morgan fingerprint density at radius 1 is 0.939 bits per heavy atom. The van der Waals surface area contributed by atoms with E-state index in [0.29, 0.717) is 27.0 Å². The van der Waals surface area contributed by atoms with Gasteiger partial charge in [-0.05, 0) is 66.2 Å². The Kier molecular flexibility index (Phi) is 6.67. The van der Waals surface area contributed by atoms with Gasteiger partial charge < -0.3 is 9.64 Å². The predicted molar refractivity (Wildman–Crippen MR) is 127 cm³/mol. The van der Waals surface area contributed by atoms with Gasteiger partial charge in [-0.25, -0.2) is 4.90 Å². The molecule has 0 N–H and O–H groups in total. The highest BCUT2D eigenvalue weighted by Gasteiger charge is 2.44. The molecule has 3 amide bonds. The van der Waals surface area contributed by atoms with Crippen LogP contribution in [0, 0.1) is 0 Å². The predicted octanol–water partition coefficient (Wildman–Crippen LogP) is 4.98. The van der Waals surface area contributed by atoms with Crippen LogP contribution in [0.15, 0.2) is 72.8 Å². The topological polar surface area (TPSA) is 66.9 Å². The number of methoxy groups -OCH3 is 1. The third kappa shape index (κ3) is 4.87. The molecule has 1 aliphatic rings. The molecule has 0 aromatic heterocycles. The summed E-state index contributed by atoms with van der Waals surface area (Å²) in [6, 6.07) is 19.1. The number of amides is 3. The minimum Gasteiger partial charge on any atom is -0.497 e. The van der Waals surface area contributed by atoms with E-state index in [1.165, 1.54) is 12.0 Å². The Morgan fingerprint density at radius 2 is 1.52 bits per heavy atom. The van der Waals surface area contributed by atoms with Gasteiger partial charge in [-0.2, -0.15) is 0 Å². The lowest BCUT2D eigenvalue weighted by Gasteiger charge is -2.28. The van der Waals surface area contributed by atoms with Gasteiger partial charge in [0.05, 0.1) is 19.2 Å². The average molecular weight is 483 g/mol. The van der Waals surface area contributed by atoms with Gasteiger partial charge in [-0.15, -0.1) is 0 Å². The van der Waals surface area contributed by atoms with Crippen molar-refractivity contribution >= 4 is 46.6 Å². The van der Waals surface area contributed by atoms with E-state index in [2.05, 4.69) is 0 Å². The smallest absolute Gasteiger partial charge is 0.257 e. The highest BCUT2D eigenvalue weighted by atomic mass is 35.5. The molecular weight excluding hydrogens is 463 g/mol. The van der Waals surface area contributed by atoms with Gasteiger partial charge in [-0.1, -0.05) is 35.3 Å². The largest absolute Gasteiger partial charge is 0.497 e. The standard InChI is InChI=1S/C25H20Cl2N2O4/c1-33-21-12-10-20(11-13-21)29-23(30)14-22(25(29)32)28(15-16-2-6-18(26)7-3-16)24(31)17-4-8-19(27)9-5-17/h2-13,22H,14-15H2,1H3/t22-/m1/s1. The highest BCUT2D eigenvalue weighted by molar-refractivity contribution is 6.31. The Morgan fingerprint density at radius 3 is 2.09 bits per heavy atom. The first-order valence-corrected chi connectivity index (χ1v) is 10.9. The lowest BCUT2D eigenvalue weighted by molar-refractivity contribution is -0.122. The van der Waals surface area contributed by atoms with Gasteiger partial charge in [0.15, 0.2) is 0 Å². The number of carbonyl (C=O) groups is 3. The third-order valence-corrected chi connectivity index (χ3v) is 5.95. The second kappa shape index (κ2) is 9.65. The summed E-state index contributed by atoms with van der Waals surface area (Å²) in [5, 5.41) is 1.06. The molecule has 0 unspecified atom stereocenters. The van der Waals surface area contributed by atoms with Gasteiger partial charge >= 0.3 is 0 Å². The molecule has 4 rings (SSSR count). The van der Waals surface area contributed by atoms with Crippen LogP contribution in [0.25, 0.3) is 0 Å². The maximum absolute atomic E-state index is 13.5. The summed E-state index contributed by atoms with van der Waals surface area (Å²) in [7, 11) is 1.54. The van der Waals surface area contributed by atoms with E-state index in [-0.39, 0.29) is 24.8 Å². The van der Waals surface area contributed by atoms with Gasteiger partial charge in [0.25, 0.3) is 11.8 Å². The molecule has 1 fully saturated rings. The van der Waals surface area contributed by atoms with Gasteiger partial charge in [0.1, 0.15) is 11.8 Å². The van der Waals surface area contributed by atoms with E-state index in [9.17, 15) is 14.4 Å². The lowest BCUT2D eigenvalue weighted by Crippen LogP contribution is -2.45. The Labute approximate surface area is 201 Å². The molecule has 1 atom stereocenters. The summed E-state index contributed by atoms with van der Waals surface area (Å²) in [6.07, 6.45) is -0.113. The second-order valence-electron chi connectivity index (χ2n) is 7.55. The van der Waals surface area contributed by atoms with E-state index >= 15 is 0 Å². The van der Waals surface area contributed by atoms with Crippen molar-refractivity contribution in [2.75, 3.05) is 12.0 Å². The zero-order valence-electron chi connectivity index (χ0n) is 17.7. The Bertz CT molecular complexity index is 1180. The first-order valence-electron chi connectivity index (χ1n) is 10.2. The van der Waals surface area contributed by atoms with Crippen molar-refractivity contribution in [2.45, 2.75) is 19.0 Å². The molecule has 1 saturated heterocycles. The van der Waals surface area contributed by atoms with Gasteiger partial charge in [0, 0.05) is 22.2 Å². The number of carbonyl (C=O) groups excluding carboxylic acids is 3. The number of rotatable bonds is 6. The molecule has 0 aliphatic carbocycles. The zero-order chi connectivity index (χ0) is 23.5. The number of anilines is 1. The summed E-state index contributed by atoms with van der Waals surface area (Å²) in [5.74, 6) is -0.595. The van der Waals surface area contributed by atoms with Crippen molar-refractivity contribution in [3.63, 3.8) is 0 Å². The van der Waals surface area contributed by atoms with Crippen molar-refractivity contribution in [1.29, 1.82) is 0 Å². The normalized spacial score (nSPS) is 15.6. The monoisotopic (exact) mass is 482 g/mol. The summed E-state index contributed by atoms with van der Waals surface area (Å²) in [5.41, 5.74) is 1.58. The summed E-state index contributed by atoms with van der Waals surface area (Å²) in [6.45, 7) is 0.138. The molecule has 1 aliphatic heterocycles. The number of halogens is 2. The van der Waals surface area contributed by atoms with Crippen LogP contribution in [-0.4, -0.2) is 35.8 Å². The Balaban J connectivity index is 1.67. The number of ether oxygens (including phenoxy) is 1. The molecule has 0 radical (unpaired) electrons. The van der Waals surface area contributed by atoms with Gasteiger partial charge in [0.2, 0.25) is 5.91 Å². The van der Waals surface area contributed by atoms with E-state index in [1.807, 2.05) is 0 Å². The lowest BCUT2D eigenvalue weighted by atomic mass is 10.1. The van der Waals surface area contributed by atoms with E-state index in [4.69, 9.17) is 27.9 Å². The molecule has 6 nitrogen and oxygen atoms in total. The fourth-order valence-electron chi connectivity index (χ4n) is 3.73. The third-order valence-electron chi connectivity index (χ3n) is 5.45.